The number of rotatable bonds is 0. The molecule has 0 saturated heterocycles. The summed E-state index contributed by atoms with van der Waals surface area (Å²) in [5.41, 5.74) is 0. The predicted octanol–water partition coefficient (Wildman–Crippen LogP) is -1.30. The van der Waals surface area contributed by atoms with Crippen molar-refractivity contribution in [3.8, 4) is 0 Å². The zero-order valence-corrected chi connectivity index (χ0v) is 3.02. The third-order valence-electron chi connectivity index (χ3n) is 0. The first-order valence-corrected chi connectivity index (χ1v) is 0.928. The van der Waals surface area contributed by atoms with Crippen LogP contribution in [-0.4, -0.2) is 0 Å². The van der Waals surface area contributed by atoms with Gasteiger partial charge < -0.3 is 0 Å². The SMILES string of the molecule is NN.[O]=[Fe]. The molecule has 0 bridgehead atoms. The molecular weight excluding hydrogens is 99.9 g/mol. The normalized spacial score (nSPS) is 2.75. The van der Waals surface area contributed by atoms with Crippen LogP contribution in [0.3, 0.4) is 0 Å². The zero-order chi connectivity index (χ0) is 4.00. The first-order valence-electron chi connectivity index (χ1n) is 0.478. The van der Waals surface area contributed by atoms with Crippen LogP contribution in [0.5, 0.6) is 0 Å². The molecule has 0 aromatic rings. The van der Waals surface area contributed by atoms with Crippen molar-refractivity contribution in [3.05, 3.63) is 0 Å². The molecule has 4 N–H and O–H groups in total. The molecule has 0 spiro atoms. The van der Waals surface area contributed by atoms with Gasteiger partial charge in [0.25, 0.3) is 0 Å². The van der Waals surface area contributed by atoms with Crippen LogP contribution in [0.25, 0.3) is 0 Å². The van der Waals surface area contributed by atoms with E-state index in [4.69, 9.17) is 3.83 Å². The minimum atomic E-state index is 2.00. The third kappa shape index (κ3) is 60.0. The third-order valence-corrected chi connectivity index (χ3v) is 0. The Morgan fingerprint density at radius 3 is 1.25 bits per heavy atom. The van der Waals surface area contributed by atoms with Gasteiger partial charge in [-0.25, -0.2) is 0 Å². The van der Waals surface area contributed by atoms with Gasteiger partial charge in [-0.15, -0.1) is 0 Å². The van der Waals surface area contributed by atoms with Crippen molar-refractivity contribution in [2.24, 2.45) is 11.7 Å². The molecule has 0 aliphatic rings. The Labute approximate surface area is 32.3 Å². The average Bonchev–Trinajstić information content (AvgIpc) is 1.50. The van der Waals surface area contributed by atoms with Crippen LogP contribution in [0.1, 0.15) is 0 Å². The topological polar surface area (TPSA) is 69.1 Å². The summed E-state index contributed by atoms with van der Waals surface area (Å²) in [7, 11) is 0. The summed E-state index contributed by atoms with van der Waals surface area (Å²) in [6, 6.07) is 0. The van der Waals surface area contributed by atoms with Gasteiger partial charge in [0.15, 0.2) is 0 Å². The molecule has 0 atom stereocenters. The average molecular weight is 104 g/mol. The van der Waals surface area contributed by atoms with E-state index in [-0.39, 0.29) is 0 Å². The molecule has 0 aromatic heterocycles. The molecule has 0 aliphatic heterocycles. The maximum absolute atomic E-state index is 8.00. The van der Waals surface area contributed by atoms with Crippen molar-refractivity contribution in [1.82, 2.24) is 0 Å². The van der Waals surface area contributed by atoms with Crippen LogP contribution < -0.4 is 11.7 Å². The summed E-state index contributed by atoms with van der Waals surface area (Å²) >= 11 is 2.00. The van der Waals surface area contributed by atoms with Gasteiger partial charge in [0, 0.05) is 0 Å². The minimum absolute atomic E-state index is 2.00. The van der Waals surface area contributed by atoms with Gasteiger partial charge in [0.1, 0.15) is 0 Å². The fourth-order valence-electron chi connectivity index (χ4n) is 0. The van der Waals surface area contributed by atoms with E-state index in [1.165, 1.54) is 0 Å². The van der Waals surface area contributed by atoms with Gasteiger partial charge in [-0.3, -0.25) is 11.7 Å². The second kappa shape index (κ2) is 283. The van der Waals surface area contributed by atoms with E-state index in [0.29, 0.717) is 0 Å². The molecule has 4 heavy (non-hydrogen) atoms. The molecule has 3 nitrogen and oxygen atoms in total. The second-order valence-corrected chi connectivity index (χ2v) is 0. The fraction of sp³-hybridized carbons (Fsp3) is 0. The summed E-state index contributed by atoms with van der Waals surface area (Å²) in [5.74, 6) is 8.00. The van der Waals surface area contributed by atoms with E-state index >= 15 is 0 Å². The van der Waals surface area contributed by atoms with Crippen LogP contribution in [0.4, 0.5) is 0 Å². The summed E-state index contributed by atoms with van der Waals surface area (Å²) < 4.78 is 8.00. The molecule has 0 saturated carbocycles. The van der Waals surface area contributed by atoms with Gasteiger partial charge in [-0.2, -0.15) is 0 Å². The Bertz CT molecular complexity index is 6.00. The molecular formula is H4FeN2O. The monoisotopic (exact) mass is 104 g/mol. The van der Waals surface area contributed by atoms with Crippen LogP contribution in [0, 0.1) is 0 Å². The second-order valence-electron chi connectivity index (χ2n) is 0. The predicted molar refractivity (Wildman–Crippen MR) is 9.06 cm³/mol. The number of nitrogens with two attached hydrogens (primary N) is 2. The van der Waals surface area contributed by atoms with E-state index in [9.17, 15) is 0 Å². The molecule has 0 radical (unpaired) electrons. The molecule has 0 rings (SSSR count). The fourth-order valence-corrected chi connectivity index (χ4v) is 0. The van der Waals surface area contributed by atoms with Crippen molar-refractivity contribution in [3.63, 3.8) is 0 Å². The molecule has 0 amide bonds. The van der Waals surface area contributed by atoms with Crippen molar-refractivity contribution >= 4 is 0 Å². The van der Waals surface area contributed by atoms with E-state index in [2.05, 4.69) is 11.7 Å². The van der Waals surface area contributed by atoms with Crippen molar-refractivity contribution in [2.45, 2.75) is 0 Å². The van der Waals surface area contributed by atoms with Crippen LogP contribution in [0.15, 0.2) is 0 Å². The van der Waals surface area contributed by atoms with E-state index < -0.39 is 0 Å². The van der Waals surface area contributed by atoms with Gasteiger partial charge in [-0.1, -0.05) is 0 Å². The number of hydrazine groups is 1. The molecule has 0 aromatic carbocycles. The zero-order valence-electron chi connectivity index (χ0n) is 1.92. The van der Waals surface area contributed by atoms with E-state index in [1.807, 2.05) is 15.9 Å². The molecule has 0 unspecified atom stereocenters. The molecule has 0 aliphatic carbocycles. The summed E-state index contributed by atoms with van der Waals surface area (Å²) in [6.07, 6.45) is 0. The maximum atomic E-state index is 8.00. The number of hydrogen-bond donors (Lipinski definition) is 2. The Balaban J connectivity index is 0. The Hall–Kier alpha value is 0.239. The van der Waals surface area contributed by atoms with Crippen molar-refractivity contribution in [2.75, 3.05) is 0 Å². The van der Waals surface area contributed by atoms with Gasteiger partial charge in [-0.05, 0) is 0 Å². The van der Waals surface area contributed by atoms with Crippen molar-refractivity contribution < 1.29 is 19.8 Å². The molecule has 28 valence electrons. The molecule has 4 heteroatoms. The standard InChI is InChI=1S/Fe.H4N2.O/c;1-2;/h;1-2H2;. The Morgan fingerprint density at radius 1 is 1.25 bits per heavy atom. The summed E-state index contributed by atoms with van der Waals surface area (Å²) in [4.78, 5) is 0. The Kier molecular flexibility index (Phi) is 628. The van der Waals surface area contributed by atoms with Gasteiger partial charge in [0.05, 0.1) is 0 Å². The molecule has 0 heterocycles. The number of hydrogen-bond acceptors (Lipinski definition) is 3. The van der Waals surface area contributed by atoms with Gasteiger partial charge >= 0.3 is 19.8 Å². The van der Waals surface area contributed by atoms with E-state index in [1.54, 1.807) is 0 Å². The van der Waals surface area contributed by atoms with E-state index in [0.717, 1.165) is 0 Å². The van der Waals surface area contributed by atoms with Crippen molar-refractivity contribution in [1.29, 1.82) is 0 Å². The first kappa shape index (κ1) is 8.87. The summed E-state index contributed by atoms with van der Waals surface area (Å²) in [5, 5.41) is 0. The quantitative estimate of drug-likeness (QED) is 0.228. The van der Waals surface area contributed by atoms with Crippen LogP contribution >= 0.6 is 0 Å². The summed E-state index contributed by atoms with van der Waals surface area (Å²) in [6.45, 7) is 0. The van der Waals surface area contributed by atoms with Crippen LogP contribution in [0.2, 0.25) is 0 Å². The molecule has 0 fully saturated rings. The van der Waals surface area contributed by atoms with Crippen LogP contribution in [-0.2, 0) is 19.8 Å². The first-order chi connectivity index (χ1) is 2.00. The van der Waals surface area contributed by atoms with Gasteiger partial charge in [0.2, 0.25) is 0 Å². The Morgan fingerprint density at radius 2 is 1.25 bits per heavy atom.